The first-order valence-electron chi connectivity index (χ1n) is 8.47. The van der Waals surface area contributed by atoms with E-state index in [0.29, 0.717) is 12.2 Å². The lowest BCUT2D eigenvalue weighted by molar-refractivity contribution is -0.0679. The molecule has 0 spiro atoms. The average molecular weight is 296 g/mol. The molecule has 122 valence electrons. The first-order chi connectivity index (χ1) is 10.0. The third-order valence-corrected chi connectivity index (χ3v) is 4.51. The summed E-state index contributed by atoms with van der Waals surface area (Å²) in [5, 5.41) is 0. The van der Waals surface area contributed by atoms with E-state index in [1.807, 2.05) is 0 Å². The Morgan fingerprint density at radius 1 is 1.14 bits per heavy atom. The normalized spacial score (nSPS) is 29.9. The Labute approximate surface area is 129 Å². The molecule has 2 aliphatic heterocycles. The van der Waals surface area contributed by atoms with Crippen LogP contribution in [-0.2, 0) is 4.74 Å². The van der Waals surface area contributed by atoms with Crippen LogP contribution in [0.5, 0.6) is 0 Å². The number of aliphatic imine (C=N–C) groups is 1. The van der Waals surface area contributed by atoms with E-state index in [1.165, 1.54) is 12.8 Å². The first-order valence-corrected chi connectivity index (χ1v) is 8.47. The van der Waals surface area contributed by atoms with Gasteiger partial charge in [0.25, 0.3) is 0 Å². The summed E-state index contributed by atoms with van der Waals surface area (Å²) in [5.74, 6) is 1.57. The van der Waals surface area contributed by atoms with Gasteiger partial charge in [0.15, 0.2) is 5.96 Å². The van der Waals surface area contributed by atoms with Gasteiger partial charge in [0.1, 0.15) is 0 Å². The maximum absolute atomic E-state index is 6.10. The van der Waals surface area contributed by atoms with E-state index in [1.54, 1.807) is 0 Å². The van der Waals surface area contributed by atoms with Crippen LogP contribution in [0.4, 0.5) is 0 Å². The number of hydrogen-bond donors (Lipinski definition) is 1. The van der Waals surface area contributed by atoms with Crippen LogP contribution in [0.1, 0.15) is 40.0 Å². The van der Waals surface area contributed by atoms with Crippen LogP contribution < -0.4 is 5.73 Å². The molecular weight excluding hydrogens is 264 g/mol. The quantitative estimate of drug-likeness (QED) is 0.486. The van der Waals surface area contributed by atoms with E-state index in [9.17, 15) is 0 Å². The summed E-state index contributed by atoms with van der Waals surface area (Å²) in [5.41, 5.74) is 6.10. The molecule has 0 radical (unpaired) electrons. The van der Waals surface area contributed by atoms with Crippen LogP contribution in [0.2, 0.25) is 0 Å². The summed E-state index contributed by atoms with van der Waals surface area (Å²) < 4.78 is 5.75. The van der Waals surface area contributed by atoms with Gasteiger partial charge in [-0.25, -0.2) is 0 Å². The first kappa shape index (κ1) is 16.6. The van der Waals surface area contributed by atoms with Crippen LogP contribution >= 0.6 is 0 Å². The Bertz CT molecular complexity index is 329. The number of morpholine rings is 1. The number of nitrogens with zero attached hydrogens (tertiary/aromatic N) is 3. The number of rotatable bonds is 4. The maximum Gasteiger partial charge on any atom is 0.191 e. The van der Waals surface area contributed by atoms with Crippen molar-refractivity contribution in [2.24, 2.45) is 16.6 Å². The van der Waals surface area contributed by atoms with Crippen molar-refractivity contribution in [2.75, 3.05) is 39.3 Å². The predicted octanol–water partition coefficient (Wildman–Crippen LogP) is 1.53. The van der Waals surface area contributed by atoms with Crippen molar-refractivity contribution in [1.29, 1.82) is 0 Å². The van der Waals surface area contributed by atoms with E-state index in [4.69, 9.17) is 10.5 Å². The molecule has 0 aliphatic carbocycles. The summed E-state index contributed by atoms with van der Waals surface area (Å²) in [4.78, 5) is 9.27. The van der Waals surface area contributed by atoms with Gasteiger partial charge in [0.05, 0.1) is 12.2 Å². The fourth-order valence-corrected chi connectivity index (χ4v) is 3.29. The maximum atomic E-state index is 6.10. The summed E-state index contributed by atoms with van der Waals surface area (Å²) in [7, 11) is 0. The Kier molecular flexibility index (Phi) is 6.30. The number of piperidine rings is 1. The summed E-state index contributed by atoms with van der Waals surface area (Å²) in [6, 6.07) is 0. The Morgan fingerprint density at radius 3 is 2.38 bits per heavy atom. The van der Waals surface area contributed by atoms with Crippen molar-refractivity contribution in [3.05, 3.63) is 0 Å². The highest BCUT2D eigenvalue weighted by atomic mass is 16.5. The monoisotopic (exact) mass is 296 g/mol. The topological polar surface area (TPSA) is 54.1 Å². The Hall–Kier alpha value is -0.810. The van der Waals surface area contributed by atoms with Crippen LogP contribution in [0.15, 0.2) is 4.99 Å². The molecule has 5 nitrogen and oxygen atoms in total. The zero-order valence-corrected chi connectivity index (χ0v) is 13.9. The van der Waals surface area contributed by atoms with Gasteiger partial charge in [-0.05, 0) is 39.0 Å². The summed E-state index contributed by atoms with van der Waals surface area (Å²) in [6.45, 7) is 12.7. The van der Waals surface area contributed by atoms with Crippen molar-refractivity contribution in [3.63, 3.8) is 0 Å². The van der Waals surface area contributed by atoms with Gasteiger partial charge in [0, 0.05) is 39.3 Å². The van der Waals surface area contributed by atoms with E-state index < -0.39 is 0 Å². The third kappa shape index (κ3) is 5.47. The number of guanidine groups is 1. The molecule has 2 rings (SSSR count). The lowest BCUT2D eigenvalue weighted by Crippen LogP contribution is -2.45. The number of likely N-dealkylation sites (tertiary alicyclic amines) is 1. The van der Waals surface area contributed by atoms with Crippen LogP contribution in [0.25, 0.3) is 0 Å². The van der Waals surface area contributed by atoms with Gasteiger partial charge in [-0.15, -0.1) is 0 Å². The standard InChI is InChI=1S/C16H32N4O/c1-13-5-9-20(10-6-13)16(17)18-7-4-8-19-11-14(2)21-15(3)12-19/h13-15H,4-12H2,1-3H3,(H2,17,18). The number of ether oxygens (including phenoxy) is 1. The molecule has 21 heavy (non-hydrogen) atoms. The molecule has 2 saturated heterocycles. The van der Waals surface area contributed by atoms with Gasteiger partial charge in [-0.3, -0.25) is 9.89 Å². The van der Waals surface area contributed by atoms with Crippen molar-refractivity contribution in [2.45, 2.75) is 52.2 Å². The molecule has 2 aliphatic rings. The SMILES string of the molecule is CC1CCN(C(N)=NCCCN2CC(C)OC(C)C2)CC1. The molecule has 2 atom stereocenters. The summed E-state index contributed by atoms with van der Waals surface area (Å²) >= 11 is 0. The minimum Gasteiger partial charge on any atom is -0.373 e. The molecule has 0 aromatic heterocycles. The molecule has 0 saturated carbocycles. The third-order valence-electron chi connectivity index (χ3n) is 4.51. The van der Waals surface area contributed by atoms with E-state index >= 15 is 0 Å². The molecule has 5 heteroatoms. The van der Waals surface area contributed by atoms with Gasteiger partial charge in [-0.1, -0.05) is 6.92 Å². The van der Waals surface area contributed by atoms with Crippen molar-refractivity contribution in [3.8, 4) is 0 Å². The highest BCUT2D eigenvalue weighted by Crippen LogP contribution is 2.15. The van der Waals surface area contributed by atoms with Gasteiger partial charge >= 0.3 is 0 Å². The second-order valence-corrected chi connectivity index (χ2v) is 6.78. The molecule has 0 amide bonds. The summed E-state index contributed by atoms with van der Waals surface area (Å²) in [6.07, 6.45) is 4.24. The molecule has 0 bridgehead atoms. The highest BCUT2D eigenvalue weighted by Gasteiger charge is 2.21. The lowest BCUT2D eigenvalue weighted by atomic mass is 10.00. The van der Waals surface area contributed by atoms with Crippen LogP contribution in [0, 0.1) is 5.92 Å². The van der Waals surface area contributed by atoms with Gasteiger partial charge < -0.3 is 15.4 Å². The fraction of sp³-hybridized carbons (Fsp3) is 0.938. The lowest BCUT2D eigenvalue weighted by Gasteiger charge is -2.35. The molecule has 2 fully saturated rings. The van der Waals surface area contributed by atoms with Gasteiger partial charge in [0.2, 0.25) is 0 Å². The number of hydrogen-bond acceptors (Lipinski definition) is 3. The molecule has 0 aromatic carbocycles. The van der Waals surface area contributed by atoms with Crippen LogP contribution in [-0.4, -0.2) is 67.2 Å². The minimum atomic E-state index is 0.345. The molecule has 2 heterocycles. The highest BCUT2D eigenvalue weighted by molar-refractivity contribution is 5.78. The van der Waals surface area contributed by atoms with Crippen LogP contribution in [0.3, 0.4) is 0 Å². The minimum absolute atomic E-state index is 0.345. The van der Waals surface area contributed by atoms with Crippen molar-refractivity contribution in [1.82, 2.24) is 9.80 Å². The van der Waals surface area contributed by atoms with Crippen molar-refractivity contribution < 1.29 is 4.74 Å². The molecule has 0 aromatic rings. The Balaban J connectivity index is 1.65. The molecular formula is C16H32N4O. The zero-order valence-electron chi connectivity index (χ0n) is 13.9. The van der Waals surface area contributed by atoms with E-state index in [2.05, 4.69) is 35.6 Å². The zero-order chi connectivity index (χ0) is 15.2. The average Bonchev–Trinajstić information content (AvgIpc) is 2.43. The number of nitrogens with two attached hydrogens (primary N) is 1. The second-order valence-electron chi connectivity index (χ2n) is 6.78. The molecule has 2 unspecified atom stereocenters. The van der Waals surface area contributed by atoms with Gasteiger partial charge in [-0.2, -0.15) is 0 Å². The largest absolute Gasteiger partial charge is 0.373 e. The Morgan fingerprint density at radius 2 is 1.76 bits per heavy atom. The van der Waals surface area contributed by atoms with E-state index in [-0.39, 0.29) is 0 Å². The predicted molar refractivity (Wildman–Crippen MR) is 87.5 cm³/mol. The smallest absolute Gasteiger partial charge is 0.191 e. The van der Waals surface area contributed by atoms with E-state index in [0.717, 1.165) is 57.6 Å². The molecule has 2 N–H and O–H groups in total. The van der Waals surface area contributed by atoms with Crippen molar-refractivity contribution >= 4 is 5.96 Å². The second kappa shape index (κ2) is 7.99. The fourth-order valence-electron chi connectivity index (χ4n) is 3.29.